The van der Waals surface area contributed by atoms with Crippen molar-refractivity contribution in [3.63, 3.8) is 0 Å². The van der Waals surface area contributed by atoms with E-state index in [1.165, 1.54) is 7.11 Å². The van der Waals surface area contributed by atoms with E-state index < -0.39 is 5.97 Å². The zero-order valence-corrected chi connectivity index (χ0v) is 11.9. The van der Waals surface area contributed by atoms with Gasteiger partial charge in [0.1, 0.15) is 6.61 Å². The van der Waals surface area contributed by atoms with Gasteiger partial charge in [-0.2, -0.15) is 0 Å². The van der Waals surface area contributed by atoms with Gasteiger partial charge in [0.05, 0.1) is 24.3 Å². The van der Waals surface area contributed by atoms with Gasteiger partial charge in [0, 0.05) is 7.11 Å². The van der Waals surface area contributed by atoms with Crippen LogP contribution in [0.15, 0.2) is 24.3 Å². The Bertz CT molecular complexity index is 383. The fourth-order valence-corrected chi connectivity index (χ4v) is 1.44. The third kappa shape index (κ3) is 5.40. The minimum atomic E-state index is -0.437. The second-order valence-corrected chi connectivity index (χ2v) is 4.20. The second kappa shape index (κ2) is 9.09. The van der Waals surface area contributed by atoms with Crippen LogP contribution >= 0.6 is 0 Å². The van der Waals surface area contributed by atoms with Gasteiger partial charge in [0.2, 0.25) is 0 Å². The van der Waals surface area contributed by atoms with Gasteiger partial charge in [-0.3, -0.25) is 0 Å². The van der Waals surface area contributed by atoms with Crippen LogP contribution in [0, 0.1) is 0 Å². The van der Waals surface area contributed by atoms with E-state index in [2.05, 4.69) is 0 Å². The number of unbranched alkanes of at least 4 members (excludes halogenated alkanes) is 1. The summed E-state index contributed by atoms with van der Waals surface area (Å²) in [6.07, 6.45) is 1.81. The average Bonchev–Trinajstić information content (AvgIpc) is 2.47. The number of esters is 2. The molecule has 1 aromatic rings. The smallest absolute Gasteiger partial charge is 0.338 e. The molecule has 0 atom stereocenters. The Balaban J connectivity index is 2.50. The Morgan fingerprint density at radius 1 is 0.900 bits per heavy atom. The molecule has 5 nitrogen and oxygen atoms in total. The standard InChI is InChI=1S/C15H20O5/c1-3-4-9-19-14(16)12-5-7-13(8-6-12)15(17)20-11-10-18-2/h5-8H,3-4,9-11H2,1-2H3. The fraction of sp³-hybridized carbons (Fsp3) is 0.467. The monoisotopic (exact) mass is 280 g/mol. The highest BCUT2D eigenvalue weighted by Crippen LogP contribution is 2.08. The molecule has 0 saturated heterocycles. The summed E-state index contributed by atoms with van der Waals surface area (Å²) in [5.41, 5.74) is 0.820. The first-order valence-corrected chi connectivity index (χ1v) is 6.62. The molecule has 0 heterocycles. The highest BCUT2D eigenvalue weighted by atomic mass is 16.6. The van der Waals surface area contributed by atoms with E-state index in [1.54, 1.807) is 24.3 Å². The normalized spacial score (nSPS) is 10.1. The van der Waals surface area contributed by atoms with Crippen molar-refractivity contribution in [1.29, 1.82) is 0 Å². The van der Waals surface area contributed by atoms with Crippen molar-refractivity contribution in [2.24, 2.45) is 0 Å². The van der Waals surface area contributed by atoms with E-state index >= 15 is 0 Å². The molecule has 0 N–H and O–H groups in total. The summed E-state index contributed by atoms with van der Waals surface area (Å²) < 4.78 is 14.8. The molecule has 0 radical (unpaired) electrons. The number of carbonyl (C=O) groups excluding carboxylic acids is 2. The maximum atomic E-state index is 11.7. The molecular weight excluding hydrogens is 260 g/mol. The third-order valence-corrected chi connectivity index (χ3v) is 2.61. The van der Waals surface area contributed by atoms with Crippen molar-refractivity contribution < 1.29 is 23.8 Å². The van der Waals surface area contributed by atoms with Crippen molar-refractivity contribution in [3.05, 3.63) is 35.4 Å². The molecule has 1 rings (SSSR count). The van der Waals surface area contributed by atoms with E-state index in [0.717, 1.165) is 12.8 Å². The minimum absolute atomic E-state index is 0.205. The summed E-state index contributed by atoms with van der Waals surface area (Å²) in [7, 11) is 1.53. The van der Waals surface area contributed by atoms with Crippen molar-refractivity contribution in [1.82, 2.24) is 0 Å². The van der Waals surface area contributed by atoms with Crippen LogP contribution in [0.1, 0.15) is 40.5 Å². The predicted octanol–water partition coefficient (Wildman–Crippen LogP) is 2.45. The lowest BCUT2D eigenvalue weighted by Gasteiger charge is -2.06. The molecule has 0 saturated carbocycles. The Hall–Kier alpha value is -1.88. The van der Waals surface area contributed by atoms with Crippen LogP contribution in [0.4, 0.5) is 0 Å². The SMILES string of the molecule is CCCCOC(=O)c1ccc(C(=O)OCCOC)cc1. The fourth-order valence-electron chi connectivity index (χ4n) is 1.44. The lowest BCUT2D eigenvalue weighted by atomic mass is 10.1. The van der Waals surface area contributed by atoms with Crippen LogP contribution in [0.5, 0.6) is 0 Å². The zero-order chi connectivity index (χ0) is 14.8. The summed E-state index contributed by atoms with van der Waals surface area (Å²) in [5, 5.41) is 0. The van der Waals surface area contributed by atoms with Crippen molar-refractivity contribution in [3.8, 4) is 0 Å². The van der Waals surface area contributed by atoms with Crippen LogP contribution in [0.2, 0.25) is 0 Å². The number of hydrogen-bond acceptors (Lipinski definition) is 5. The molecule has 0 bridgehead atoms. The highest BCUT2D eigenvalue weighted by Gasteiger charge is 2.10. The Morgan fingerprint density at radius 3 is 1.85 bits per heavy atom. The Labute approximate surface area is 118 Å². The van der Waals surface area contributed by atoms with Crippen LogP contribution in [0.25, 0.3) is 0 Å². The van der Waals surface area contributed by atoms with Crippen molar-refractivity contribution >= 4 is 11.9 Å². The summed E-state index contributed by atoms with van der Waals surface area (Å²) in [6, 6.07) is 6.21. The van der Waals surface area contributed by atoms with Crippen LogP contribution in [-0.4, -0.2) is 38.9 Å². The predicted molar refractivity (Wildman–Crippen MR) is 73.8 cm³/mol. The van der Waals surface area contributed by atoms with Gasteiger partial charge < -0.3 is 14.2 Å². The van der Waals surface area contributed by atoms with Gasteiger partial charge in [-0.05, 0) is 30.7 Å². The molecule has 0 unspecified atom stereocenters. The molecule has 1 aromatic carbocycles. The number of rotatable bonds is 8. The molecule has 5 heteroatoms. The van der Waals surface area contributed by atoms with Crippen molar-refractivity contribution in [2.45, 2.75) is 19.8 Å². The zero-order valence-electron chi connectivity index (χ0n) is 11.9. The van der Waals surface area contributed by atoms with E-state index in [1.807, 2.05) is 6.92 Å². The molecule has 0 aliphatic carbocycles. The molecule has 0 aliphatic heterocycles. The minimum Gasteiger partial charge on any atom is -0.462 e. The molecule has 110 valence electrons. The molecule has 0 fully saturated rings. The Morgan fingerprint density at radius 2 is 1.40 bits per heavy atom. The van der Waals surface area contributed by atoms with Crippen LogP contribution in [0.3, 0.4) is 0 Å². The summed E-state index contributed by atoms with van der Waals surface area (Å²) in [5.74, 6) is -0.814. The second-order valence-electron chi connectivity index (χ2n) is 4.20. The van der Waals surface area contributed by atoms with Gasteiger partial charge >= 0.3 is 11.9 Å². The third-order valence-electron chi connectivity index (χ3n) is 2.61. The first kappa shape index (κ1) is 16.2. The summed E-state index contributed by atoms with van der Waals surface area (Å²) in [4.78, 5) is 23.3. The topological polar surface area (TPSA) is 61.8 Å². The van der Waals surface area contributed by atoms with Gasteiger partial charge in [-0.15, -0.1) is 0 Å². The van der Waals surface area contributed by atoms with Gasteiger partial charge in [0.15, 0.2) is 0 Å². The number of ether oxygens (including phenoxy) is 3. The van der Waals surface area contributed by atoms with E-state index in [-0.39, 0.29) is 12.6 Å². The molecule has 0 amide bonds. The quantitative estimate of drug-likeness (QED) is 0.540. The Kier molecular flexibility index (Phi) is 7.35. The van der Waals surface area contributed by atoms with Crippen LogP contribution in [-0.2, 0) is 14.2 Å². The van der Waals surface area contributed by atoms with Gasteiger partial charge in [-0.25, -0.2) is 9.59 Å². The van der Waals surface area contributed by atoms with Gasteiger partial charge in [-0.1, -0.05) is 13.3 Å². The van der Waals surface area contributed by atoms with E-state index in [4.69, 9.17) is 14.2 Å². The van der Waals surface area contributed by atoms with E-state index in [0.29, 0.717) is 24.3 Å². The molecular formula is C15H20O5. The number of hydrogen-bond donors (Lipinski definition) is 0. The number of methoxy groups -OCH3 is 1. The average molecular weight is 280 g/mol. The maximum Gasteiger partial charge on any atom is 0.338 e. The van der Waals surface area contributed by atoms with Gasteiger partial charge in [0.25, 0.3) is 0 Å². The highest BCUT2D eigenvalue weighted by molar-refractivity contribution is 5.93. The number of benzene rings is 1. The summed E-state index contributed by atoms with van der Waals surface area (Å²) in [6.45, 7) is 3.00. The van der Waals surface area contributed by atoms with Crippen LogP contribution < -0.4 is 0 Å². The first-order valence-electron chi connectivity index (χ1n) is 6.62. The molecule has 0 aromatic heterocycles. The van der Waals surface area contributed by atoms with Crippen molar-refractivity contribution in [2.75, 3.05) is 26.9 Å². The number of carbonyl (C=O) groups is 2. The largest absolute Gasteiger partial charge is 0.462 e. The first-order chi connectivity index (χ1) is 9.69. The maximum absolute atomic E-state index is 11.7. The lowest BCUT2D eigenvalue weighted by Crippen LogP contribution is -2.11. The molecule has 0 aliphatic rings. The van der Waals surface area contributed by atoms with E-state index in [9.17, 15) is 9.59 Å². The molecule has 0 spiro atoms. The molecule has 20 heavy (non-hydrogen) atoms. The lowest BCUT2D eigenvalue weighted by molar-refractivity contribution is 0.0386. The summed E-state index contributed by atoms with van der Waals surface area (Å²) >= 11 is 0.